The zero-order chi connectivity index (χ0) is 21.6. The highest BCUT2D eigenvalue weighted by Crippen LogP contribution is 2.33. The SMILES string of the molecule is O=C(Nc1ccc(CCNC[C@H](O)c2ccccc2)cc1)[C@@H]1CCCN1C(=O)C1CC1. The van der Waals surface area contributed by atoms with Gasteiger partial charge >= 0.3 is 0 Å². The molecule has 2 amide bonds. The molecule has 1 saturated carbocycles. The van der Waals surface area contributed by atoms with Gasteiger partial charge in [-0.15, -0.1) is 0 Å². The van der Waals surface area contributed by atoms with Gasteiger partial charge in [0.2, 0.25) is 11.8 Å². The van der Waals surface area contributed by atoms with Crippen molar-refractivity contribution in [3.05, 3.63) is 65.7 Å². The number of benzene rings is 2. The van der Waals surface area contributed by atoms with Crippen molar-refractivity contribution in [1.29, 1.82) is 0 Å². The molecule has 0 radical (unpaired) electrons. The minimum absolute atomic E-state index is 0.0872. The van der Waals surface area contributed by atoms with E-state index in [0.717, 1.165) is 55.5 Å². The van der Waals surface area contributed by atoms with E-state index in [4.69, 9.17) is 0 Å². The van der Waals surface area contributed by atoms with E-state index in [-0.39, 0.29) is 23.8 Å². The highest BCUT2D eigenvalue weighted by Gasteiger charge is 2.40. The molecule has 1 saturated heterocycles. The smallest absolute Gasteiger partial charge is 0.247 e. The van der Waals surface area contributed by atoms with E-state index in [1.165, 1.54) is 0 Å². The molecule has 2 aromatic rings. The minimum Gasteiger partial charge on any atom is -0.387 e. The lowest BCUT2D eigenvalue weighted by atomic mass is 10.1. The fourth-order valence-electron chi connectivity index (χ4n) is 4.11. The van der Waals surface area contributed by atoms with Crippen molar-refractivity contribution < 1.29 is 14.7 Å². The summed E-state index contributed by atoms with van der Waals surface area (Å²) in [5.41, 5.74) is 2.83. The highest BCUT2D eigenvalue weighted by molar-refractivity contribution is 5.98. The van der Waals surface area contributed by atoms with Gasteiger partial charge in [-0.2, -0.15) is 0 Å². The van der Waals surface area contributed by atoms with Gasteiger partial charge in [-0.3, -0.25) is 9.59 Å². The zero-order valence-corrected chi connectivity index (χ0v) is 17.8. The summed E-state index contributed by atoms with van der Waals surface area (Å²) in [7, 11) is 0. The first-order valence-corrected chi connectivity index (χ1v) is 11.3. The van der Waals surface area contributed by atoms with Gasteiger partial charge in [-0.25, -0.2) is 0 Å². The zero-order valence-electron chi connectivity index (χ0n) is 17.8. The second kappa shape index (κ2) is 10.1. The van der Waals surface area contributed by atoms with Crippen LogP contribution in [0.3, 0.4) is 0 Å². The average Bonchev–Trinajstić information content (AvgIpc) is 3.53. The van der Waals surface area contributed by atoms with Crippen LogP contribution in [0.5, 0.6) is 0 Å². The summed E-state index contributed by atoms with van der Waals surface area (Å²) < 4.78 is 0. The number of hydrogen-bond donors (Lipinski definition) is 3. The maximum atomic E-state index is 12.7. The van der Waals surface area contributed by atoms with Gasteiger partial charge < -0.3 is 20.6 Å². The lowest BCUT2D eigenvalue weighted by molar-refractivity contribution is -0.137. The van der Waals surface area contributed by atoms with Gasteiger partial charge in [0, 0.05) is 24.7 Å². The lowest BCUT2D eigenvalue weighted by Crippen LogP contribution is -2.43. The van der Waals surface area contributed by atoms with E-state index in [1.807, 2.05) is 54.6 Å². The molecule has 2 aromatic carbocycles. The molecular weight excluding hydrogens is 390 g/mol. The number of rotatable bonds is 9. The number of likely N-dealkylation sites (tertiary alicyclic amines) is 1. The molecule has 2 atom stereocenters. The van der Waals surface area contributed by atoms with Crippen molar-refractivity contribution in [3.63, 3.8) is 0 Å². The summed E-state index contributed by atoms with van der Waals surface area (Å²) in [5.74, 6) is 0.212. The molecule has 1 aliphatic carbocycles. The van der Waals surface area contributed by atoms with Crippen LogP contribution in [0, 0.1) is 5.92 Å². The number of carbonyl (C=O) groups excluding carboxylic acids is 2. The number of hydrogen-bond acceptors (Lipinski definition) is 4. The van der Waals surface area contributed by atoms with E-state index in [1.54, 1.807) is 4.90 Å². The molecule has 2 aliphatic rings. The predicted octanol–water partition coefficient (Wildman–Crippen LogP) is 2.89. The maximum Gasteiger partial charge on any atom is 0.247 e. The molecule has 0 aromatic heterocycles. The molecule has 0 spiro atoms. The van der Waals surface area contributed by atoms with E-state index in [0.29, 0.717) is 13.1 Å². The van der Waals surface area contributed by atoms with Crippen LogP contribution >= 0.6 is 0 Å². The molecule has 0 unspecified atom stereocenters. The molecule has 2 fully saturated rings. The Balaban J connectivity index is 1.21. The molecule has 31 heavy (non-hydrogen) atoms. The summed E-state index contributed by atoms with van der Waals surface area (Å²) in [5, 5.41) is 16.4. The average molecular weight is 422 g/mol. The fourth-order valence-corrected chi connectivity index (χ4v) is 4.11. The van der Waals surface area contributed by atoms with Gasteiger partial charge in [0.1, 0.15) is 6.04 Å². The molecule has 1 heterocycles. The van der Waals surface area contributed by atoms with Gasteiger partial charge in [0.15, 0.2) is 0 Å². The standard InChI is InChI=1S/C25H31N3O3/c29-23(19-5-2-1-3-6-19)17-26-15-14-18-8-12-21(13-9-18)27-24(30)22-7-4-16-28(22)25(31)20-10-11-20/h1-3,5-6,8-9,12-13,20,22-23,26,29H,4,7,10-11,14-17H2,(H,27,30)/t22-,23-/m0/s1. The number of nitrogens with one attached hydrogen (secondary N) is 2. The molecule has 4 rings (SSSR count). The number of anilines is 1. The Bertz CT molecular complexity index is 881. The Hall–Kier alpha value is -2.70. The van der Waals surface area contributed by atoms with Gasteiger partial charge in [-0.1, -0.05) is 42.5 Å². The van der Waals surface area contributed by atoms with Crippen LogP contribution in [-0.2, 0) is 16.0 Å². The monoisotopic (exact) mass is 421 g/mol. The molecule has 0 bridgehead atoms. The number of amides is 2. The molecule has 6 heteroatoms. The van der Waals surface area contributed by atoms with Crippen molar-refractivity contribution in [2.75, 3.05) is 25.0 Å². The second-order valence-electron chi connectivity index (χ2n) is 8.53. The Kier molecular flexibility index (Phi) is 6.99. The maximum absolute atomic E-state index is 12.7. The third-order valence-corrected chi connectivity index (χ3v) is 6.10. The largest absolute Gasteiger partial charge is 0.387 e. The van der Waals surface area contributed by atoms with Gasteiger partial charge in [0.25, 0.3) is 0 Å². The van der Waals surface area contributed by atoms with Gasteiger partial charge in [-0.05, 0) is 61.9 Å². The van der Waals surface area contributed by atoms with Crippen LogP contribution in [0.1, 0.15) is 42.9 Å². The predicted molar refractivity (Wildman–Crippen MR) is 121 cm³/mol. The van der Waals surface area contributed by atoms with Crippen molar-refractivity contribution in [2.24, 2.45) is 5.92 Å². The molecular formula is C25H31N3O3. The number of carbonyl (C=O) groups is 2. The molecule has 3 N–H and O–H groups in total. The molecule has 6 nitrogen and oxygen atoms in total. The molecule has 1 aliphatic heterocycles. The first-order chi connectivity index (χ1) is 15.1. The summed E-state index contributed by atoms with van der Waals surface area (Å²) in [4.78, 5) is 26.9. The normalized spacial score (nSPS) is 19.3. The fraction of sp³-hybridized carbons (Fsp3) is 0.440. The third kappa shape index (κ3) is 5.71. The summed E-state index contributed by atoms with van der Waals surface area (Å²) in [6.07, 6.45) is 3.88. The minimum atomic E-state index is -0.513. The van der Waals surface area contributed by atoms with E-state index < -0.39 is 6.10 Å². The first-order valence-electron chi connectivity index (χ1n) is 11.3. The Morgan fingerprint density at radius 1 is 1.03 bits per heavy atom. The van der Waals surface area contributed by atoms with Crippen LogP contribution in [0.25, 0.3) is 0 Å². The van der Waals surface area contributed by atoms with Crippen LogP contribution < -0.4 is 10.6 Å². The number of aliphatic hydroxyl groups excluding tert-OH is 1. The summed E-state index contributed by atoms with van der Waals surface area (Å²) in [6, 6.07) is 17.1. The van der Waals surface area contributed by atoms with E-state index in [9.17, 15) is 14.7 Å². The lowest BCUT2D eigenvalue weighted by Gasteiger charge is -2.24. The van der Waals surface area contributed by atoms with Crippen molar-refractivity contribution >= 4 is 17.5 Å². The molecule has 164 valence electrons. The van der Waals surface area contributed by atoms with Crippen LogP contribution in [-0.4, -0.2) is 47.5 Å². The Labute approximate surface area is 183 Å². The van der Waals surface area contributed by atoms with Crippen LogP contribution in [0.2, 0.25) is 0 Å². The summed E-state index contributed by atoms with van der Waals surface area (Å²) >= 11 is 0. The second-order valence-corrected chi connectivity index (χ2v) is 8.53. The summed E-state index contributed by atoms with van der Waals surface area (Å²) in [6.45, 7) is 1.96. The quantitative estimate of drug-likeness (QED) is 0.544. The topological polar surface area (TPSA) is 81.7 Å². The third-order valence-electron chi connectivity index (χ3n) is 6.10. The Morgan fingerprint density at radius 2 is 1.77 bits per heavy atom. The van der Waals surface area contributed by atoms with Crippen molar-refractivity contribution in [1.82, 2.24) is 10.2 Å². The number of aliphatic hydroxyl groups is 1. The number of nitrogens with zero attached hydrogens (tertiary/aromatic N) is 1. The first kappa shape index (κ1) is 21.5. The van der Waals surface area contributed by atoms with Gasteiger partial charge in [0.05, 0.1) is 6.10 Å². The highest BCUT2D eigenvalue weighted by atomic mass is 16.3. The van der Waals surface area contributed by atoms with Crippen molar-refractivity contribution in [3.8, 4) is 0 Å². The van der Waals surface area contributed by atoms with Crippen LogP contribution in [0.4, 0.5) is 5.69 Å². The Morgan fingerprint density at radius 3 is 2.48 bits per heavy atom. The van der Waals surface area contributed by atoms with Crippen molar-refractivity contribution in [2.45, 2.75) is 44.2 Å². The van der Waals surface area contributed by atoms with E-state index in [2.05, 4.69) is 10.6 Å². The van der Waals surface area contributed by atoms with Crippen LogP contribution in [0.15, 0.2) is 54.6 Å². The van der Waals surface area contributed by atoms with E-state index >= 15 is 0 Å².